The maximum absolute atomic E-state index is 12.6. The second-order valence-corrected chi connectivity index (χ2v) is 5.40. The van der Waals surface area contributed by atoms with Gasteiger partial charge in [-0.05, 0) is 38.5 Å². The van der Waals surface area contributed by atoms with Crippen LogP contribution in [0.2, 0.25) is 0 Å². The summed E-state index contributed by atoms with van der Waals surface area (Å²) in [4.78, 5) is 28.3. The van der Waals surface area contributed by atoms with Crippen LogP contribution >= 0.6 is 0 Å². The van der Waals surface area contributed by atoms with Gasteiger partial charge in [0.15, 0.2) is 0 Å². The molecule has 0 atom stereocenters. The Morgan fingerprint density at radius 1 is 1.30 bits per heavy atom. The molecule has 1 heterocycles. The second kappa shape index (κ2) is 6.20. The van der Waals surface area contributed by atoms with Crippen molar-refractivity contribution < 1.29 is 9.90 Å². The van der Waals surface area contributed by atoms with Crippen LogP contribution in [0.15, 0.2) is 4.79 Å². The third kappa shape index (κ3) is 2.76. The number of carboxylic acid groups (broad SMARTS) is 1. The molecule has 1 aromatic heterocycles. The topological polar surface area (TPSA) is 72.2 Å². The molecule has 110 valence electrons. The molecule has 1 aliphatic rings. The summed E-state index contributed by atoms with van der Waals surface area (Å²) in [5.74, 6) is -0.186. The first kappa shape index (κ1) is 14.8. The molecule has 0 saturated carbocycles. The SMILES string of the molecule is CCC(CC)c1nc2c(c(=O)n1CC(=O)O)CCCC2. The average molecular weight is 278 g/mol. The molecule has 0 aliphatic heterocycles. The van der Waals surface area contributed by atoms with Crippen LogP contribution in [0.3, 0.4) is 0 Å². The third-order valence-corrected chi connectivity index (χ3v) is 4.11. The summed E-state index contributed by atoms with van der Waals surface area (Å²) in [6.45, 7) is 3.81. The maximum atomic E-state index is 12.6. The molecule has 0 unspecified atom stereocenters. The summed E-state index contributed by atoms with van der Waals surface area (Å²) in [7, 11) is 0. The first-order valence-electron chi connectivity index (χ1n) is 7.42. The van der Waals surface area contributed by atoms with Crippen LogP contribution in [0.4, 0.5) is 0 Å². The van der Waals surface area contributed by atoms with Crippen LogP contribution in [-0.4, -0.2) is 20.6 Å². The van der Waals surface area contributed by atoms with E-state index in [1.165, 1.54) is 4.57 Å². The van der Waals surface area contributed by atoms with Crippen molar-refractivity contribution >= 4 is 5.97 Å². The highest BCUT2D eigenvalue weighted by atomic mass is 16.4. The van der Waals surface area contributed by atoms with E-state index >= 15 is 0 Å². The molecular formula is C15H22N2O3. The Bertz CT molecular complexity index is 559. The van der Waals surface area contributed by atoms with Crippen molar-refractivity contribution in [2.45, 2.75) is 64.8 Å². The molecule has 0 radical (unpaired) electrons. The number of aliphatic carboxylic acids is 1. The van der Waals surface area contributed by atoms with Gasteiger partial charge in [0.2, 0.25) is 0 Å². The molecule has 5 heteroatoms. The number of aryl methyl sites for hydroxylation is 1. The summed E-state index contributed by atoms with van der Waals surface area (Å²) in [6.07, 6.45) is 5.34. The quantitative estimate of drug-likeness (QED) is 0.895. The lowest BCUT2D eigenvalue weighted by Gasteiger charge is -2.22. The van der Waals surface area contributed by atoms with Gasteiger partial charge >= 0.3 is 5.97 Å². The molecule has 1 aliphatic carbocycles. The minimum absolute atomic E-state index is 0.140. The predicted octanol–water partition coefficient (Wildman–Crippen LogP) is 2.11. The predicted molar refractivity (Wildman–Crippen MR) is 76.1 cm³/mol. The normalized spacial score (nSPS) is 14.3. The summed E-state index contributed by atoms with van der Waals surface area (Å²) < 4.78 is 1.38. The van der Waals surface area contributed by atoms with Crippen molar-refractivity contribution in [1.82, 2.24) is 9.55 Å². The maximum Gasteiger partial charge on any atom is 0.323 e. The molecule has 20 heavy (non-hydrogen) atoms. The highest BCUT2D eigenvalue weighted by molar-refractivity contribution is 5.66. The van der Waals surface area contributed by atoms with Crippen molar-refractivity contribution in [1.29, 1.82) is 0 Å². The smallest absolute Gasteiger partial charge is 0.323 e. The van der Waals surface area contributed by atoms with Crippen LogP contribution < -0.4 is 5.56 Å². The van der Waals surface area contributed by atoms with Crippen LogP contribution in [-0.2, 0) is 24.2 Å². The molecule has 0 amide bonds. The average Bonchev–Trinajstić information content (AvgIpc) is 2.44. The van der Waals surface area contributed by atoms with Crippen molar-refractivity contribution in [3.05, 3.63) is 27.4 Å². The van der Waals surface area contributed by atoms with Gasteiger partial charge in [-0.15, -0.1) is 0 Å². The third-order valence-electron chi connectivity index (χ3n) is 4.11. The van der Waals surface area contributed by atoms with E-state index in [1.807, 2.05) is 13.8 Å². The van der Waals surface area contributed by atoms with E-state index in [-0.39, 0.29) is 18.0 Å². The number of nitrogens with zero attached hydrogens (tertiary/aromatic N) is 2. The first-order chi connectivity index (χ1) is 9.58. The highest BCUT2D eigenvalue weighted by Gasteiger charge is 2.23. The minimum Gasteiger partial charge on any atom is -0.480 e. The van der Waals surface area contributed by atoms with Crippen LogP contribution in [0.5, 0.6) is 0 Å². The van der Waals surface area contributed by atoms with E-state index in [9.17, 15) is 9.59 Å². The van der Waals surface area contributed by atoms with E-state index in [1.54, 1.807) is 0 Å². The zero-order valence-corrected chi connectivity index (χ0v) is 12.2. The number of hydrogen-bond acceptors (Lipinski definition) is 3. The van der Waals surface area contributed by atoms with Gasteiger partial charge in [-0.25, -0.2) is 4.98 Å². The summed E-state index contributed by atoms with van der Waals surface area (Å²) in [6, 6.07) is 0. The van der Waals surface area contributed by atoms with Gasteiger partial charge in [-0.1, -0.05) is 13.8 Å². The zero-order chi connectivity index (χ0) is 14.7. The van der Waals surface area contributed by atoms with E-state index in [2.05, 4.69) is 4.98 Å². The lowest BCUT2D eigenvalue weighted by Crippen LogP contribution is -2.34. The van der Waals surface area contributed by atoms with Gasteiger partial charge in [-0.2, -0.15) is 0 Å². The summed E-state index contributed by atoms with van der Waals surface area (Å²) >= 11 is 0. The van der Waals surface area contributed by atoms with E-state index in [0.717, 1.165) is 49.8 Å². The largest absolute Gasteiger partial charge is 0.480 e. The van der Waals surface area contributed by atoms with Gasteiger partial charge in [0.05, 0.1) is 5.69 Å². The Morgan fingerprint density at radius 3 is 2.55 bits per heavy atom. The Morgan fingerprint density at radius 2 is 1.95 bits per heavy atom. The molecule has 0 spiro atoms. The monoisotopic (exact) mass is 278 g/mol. The minimum atomic E-state index is -0.989. The molecule has 0 saturated heterocycles. The van der Waals surface area contributed by atoms with Crippen molar-refractivity contribution in [2.24, 2.45) is 0 Å². The molecule has 0 bridgehead atoms. The molecule has 1 aromatic rings. The van der Waals surface area contributed by atoms with Crippen molar-refractivity contribution in [3.8, 4) is 0 Å². The first-order valence-corrected chi connectivity index (χ1v) is 7.42. The van der Waals surface area contributed by atoms with E-state index in [0.29, 0.717) is 5.82 Å². The number of aromatic nitrogens is 2. The fourth-order valence-corrected chi connectivity index (χ4v) is 2.96. The van der Waals surface area contributed by atoms with Gasteiger partial charge in [0.25, 0.3) is 5.56 Å². The Balaban J connectivity index is 2.60. The Kier molecular flexibility index (Phi) is 4.57. The fraction of sp³-hybridized carbons (Fsp3) is 0.667. The number of hydrogen-bond donors (Lipinski definition) is 1. The van der Waals surface area contributed by atoms with Crippen molar-refractivity contribution in [2.75, 3.05) is 0 Å². The molecule has 1 N–H and O–H groups in total. The molecule has 0 fully saturated rings. The summed E-state index contributed by atoms with van der Waals surface area (Å²) in [5.41, 5.74) is 1.48. The zero-order valence-electron chi connectivity index (χ0n) is 12.2. The fourth-order valence-electron chi connectivity index (χ4n) is 2.96. The van der Waals surface area contributed by atoms with Crippen LogP contribution in [0.25, 0.3) is 0 Å². The Hall–Kier alpha value is -1.65. The molecule has 0 aromatic carbocycles. The van der Waals surface area contributed by atoms with E-state index in [4.69, 9.17) is 5.11 Å². The Labute approximate surface area is 118 Å². The van der Waals surface area contributed by atoms with Gasteiger partial charge < -0.3 is 5.11 Å². The van der Waals surface area contributed by atoms with Gasteiger partial charge in [0, 0.05) is 11.5 Å². The number of rotatable bonds is 5. The number of fused-ring (bicyclic) bond motifs is 1. The lowest BCUT2D eigenvalue weighted by atomic mass is 9.95. The number of carboxylic acids is 1. The standard InChI is InChI=1S/C15H22N2O3/c1-3-10(4-2)14-16-12-8-6-5-7-11(12)15(20)17(14)9-13(18)19/h10H,3-9H2,1-2H3,(H,18,19). The molecule has 2 rings (SSSR count). The van der Waals surface area contributed by atoms with Gasteiger partial charge in [0.1, 0.15) is 12.4 Å². The number of carbonyl (C=O) groups is 1. The highest BCUT2D eigenvalue weighted by Crippen LogP contribution is 2.24. The van der Waals surface area contributed by atoms with E-state index < -0.39 is 5.97 Å². The lowest BCUT2D eigenvalue weighted by molar-refractivity contribution is -0.137. The van der Waals surface area contributed by atoms with Crippen LogP contribution in [0.1, 0.15) is 62.5 Å². The molecular weight excluding hydrogens is 256 g/mol. The van der Waals surface area contributed by atoms with Crippen LogP contribution in [0, 0.1) is 0 Å². The van der Waals surface area contributed by atoms with Crippen molar-refractivity contribution in [3.63, 3.8) is 0 Å². The molecule has 5 nitrogen and oxygen atoms in total. The summed E-state index contributed by atoms with van der Waals surface area (Å²) in [5, 5.41) is 9.06. The van der Waals surface area contributed by atoms with Gasteiger partial charge in [-0.3, -0.25) is 14.2 Å². The second-order valence-electron chi connectivity index (χ2n) is 5.40.